The molecule has 2 aromatic rings. The van der Waals surface area contributed by atoms with Gasteiger partial charge in [0, 0.05) is 6.54 Å². The summed E-state index contributed by atoms with van der Waals surface area (Å²) in [6.45, 7) is 2.17. The van der Waals surface area contributed by atoms with Crippen LogP contribution >= 0.6 is 0 Å². The number of aryl methyl sites for hydroxylation is 1. The number of fused-ring (bicyclic) bond motifs is 3. The number of carbonyl (C=O) groups excluding carboxylic acids is 1. The minimum atomic E-state index is -0.223. The van der Waals surface area contributed by atoms with E-state index in [0.717, 1.165) is 22.3 Å². The van der Waals surface area contributed by atoms with Crippen LogP contribution in [0.3, 0.4) is 0 Å². The number of nitrogens with one attached hydrogen (secondary N) is 1. The average Bonchev–Trinajstić information content (AvgIpc) is 2.50. The topological polar surface area (TPSA) is 69.6 Å². The maximum atomic E-state index is 12.0. The van der Waals surface area contributed by atoms with E-state index in [9.17, 15) is 15.0 Å². The van der Waals surface area contributed by atoms with Crippen molar-refractivity contribution in [2.45, 2.75) is 13.5 Å². The minimum absolute atomic E-state index is 0.0628. The van der Waals surface area contributed by atoms with Gasteiger partial charge in [0.1, 0.15) is 11.5 Å². The lowest BCUT2D eigenvalue weighted by molar-refractivity contribution is 0.0952. The van der Waals surface area contributed by atoms with Gasteiger partial charge in [-0.05, 0) is 59.5 Å². The molecule has 0 saturated heterocycles. The van der Waals surface area contributed by atoms with Crippen LogP contribution in [0.1, 0.15) is 21.5 Å². The lowest BCUT2D eigenvalue weighted by Gasteiger charge is -2.10. The molecule has 0 bridgehead atoms. The predicted octanol–water partition coefficient (Wildman–Crippen LogP) is 2.32. The molecule has 0 fully saturated rings. The van der Waals surface area contributed by atoms with Crippen LogP contribution in [0.25, 0.3) is 11.1 Å². The molecule has 0 atom stereocenters. The van der Waals surface area contributed by atoms with Gasteiger partial charge in [0.05, 0.1) is 5.56 Å². The number of hydrogen-bond donors (Lipinski definition) is 3. The van der Waals surface area contributed by atoms with E-state index < -0.39 is 0 Å². The SMILES string of the molecule is Cc1cc2c(cc1O)CNC(=O)c1cc(O)ccc1-2. The van der Waals surface area contributed by atoms with Gasteiger partial charge in [-0.2, -0.15) is 0 Å². The van der Waals surface area contributed by atoms with E-state index in [4.69, 9.17) is 0 Å². The fourth-order valence-corrected chi connectivity index (χ4v) is 2.36. The molecule has 1 heterocycles. The van der Waals surface area contributed by atoms with Crippen molar-refractivity contribution in [2.75, 3.05) is 0 Å². The van der Waals surface area contributed by atoms with Gasteiger partial charge >= 0.3 is 0 Å². The van der Waals surface area contributed by atoms with Crippen molar-refractivity contribution in [1.82, 2.24) is 5.32 Å². The maximum Gasteiger partial charge on any atom is 0.252 e. The Bertz CT molecular complexity index is 692. The molecule has 0 aromatic heterocycles. The van der Waals surface area contributed by atoms with Crippen molar-refractivity contribution in [3.05, 3.63) is 47.0 Å². The van der Waals surface area contributed by atoms with Gasteiger partial charge in [-0.3, -0.25) is 4.79 Å². The minimum Gasteiger partial charge on any atom is -0.508 e. The molecule has 2 aromatic carbocycles. The van der Waals surface area contributed by atoms with Crippen LogP contribution in [0.15, 0.2) is 30.3 Å². The van der Waals surface area contributed by atoms with Crippen molar-refractivity contribution in [3.8, 4) is 22.6 Å². The van der Waals surface area contributed by atoms with Crippen molar-refractivity contribution in [2.24, 2.45) is 0 Å². The average molecular weight is 255 g/mol. The maximum absolute atomic E-state index is 12.0. The molecular weight excluding hydrogens is 242 g/mol. The van der Waals surface area contributed by atoms with Crippen molar-refractivity contribution >= 4 is 5.91 Å². The summed E-state index contributed by atoms with van der Waals surface area (Å²) in [5, 5.41) is 22.1. The monoisotopic (exact) mass is 255 g/mol. The molecule has 1 aliphatic heterocycles. The first kappa shape index (κ1) is 11.6. The van der Waals surface area contributed by atoms with Gasteiger partial charge in [0.25, 0.3) is 5.91 Å². The zero-order chi connectivity index (χ0) is 13.6. The summed E-state index contributed by atoms with van der Waals surface area (Å²) in [4.78, 5) is 12.0. The first-order chi connectivity index (χ1) is 9.06. The van der Waals surface area contributed by atoms with E-state index in [1.165, 1.54) is 6.07 Å². The van der Waals surface area contributed by atoms with E-state index in [-0.39, 0.29) is 17.4 Å². The van der Waals surface area contributed by atoms with E-state index >= 15 is 0 Å². The normalized spacial score (nSPS) is 13.2. The Balaban J connectivity index is 2.32. The van der Waals surface area contributed by atoms with E-state index in [2.05, 4.69) is 5.32 Å². The number of hydrogen-bond acceptors (Lipinski definition) is 3. The fourth-order valence-electron chi connectivity index (χ4n) is 2.36. The summed E-state index contributed by atoms with van der Waals surface area (Å²) in [6.07, 6.45) is 0. The van der Waals surface area contributed by atoms with Crippen LogP contribution in [0, 0.1) is 6.92 Å². The number of amides is 1. The van der Waals surface area contributed by atoms with Crippen LogP contribution in [0.5, 0.6) is 11.5 Å². The molecule has 0 radical (unpaired) electrons. The zero-order valence-electron chi connectivity index (χ0n) is 10.4. The van der Waals surface area contributed by atoms with Crippen LogP contribution in [0.2, 0.25) is 0 Å². The Morgan fingerprint density at radius 3 is 2.63 bits per heavy atom. The summed E-state index contributed by atoms with van der Waals surface area (Å²) in [5.74, 6) is 0.0577. The standard InChI is InChI=1S/C15H13NO3/c1-8-4-12-9(5-14(8)18)7-16-15(19)13-6-10(17)2-3-11(12)13/h2-6,17-18H,7H2,1H3,(H,16,19). The van der Waals surface area contributed by atoms with Crippen LogP contribution in [-0.2, 0) is 6.54 Å². The molecule has 96 valence electrons. The van der Waals surface area contributed by atoms with Gasteiger partial charge in [0.2, 0.25) is 0 Å². The Hall–Kier alpha value is -2.49. The Labute approximate surface area is 110 Å². The molecule has 0 saturated carbocycles. The van der Waals surface area contributed by atoms with E-state index in [1.54, 1.807) is 18.2 Å². The van der Waals surface area contributed by atoms with Crippen LogP contribution in [0.4, 0.5) is 0 Å². The van der Waals surface area contributed by atoms with Crippen molar-refractivity contribution < 1.29 is 15.0 Å². The molecule has 0 spiro atoms. The Kier molecular flexibility index (Phi) is 2.45. The first-order valence-corrected chi connectivity index (χ1v) is 6.00. The third kappa shape index (κ3) is 1.81. The third-order valence-corrected chi connectivity index (χ3v) is 3.40. The second-order valence-corrected chi connectivity index (χ2v) is 4.71. The molecule has 4 heteroatoms. The molecule has 0 unspecified atom stereocenters. The lowest BCUT2D eigenvalue weighted by atomic mass is 9.94. The second kappa shape index (κ2) is 4.02. The quantitative estimate of drug-likeness (QED) is 0.676. The summed E-state index contributed by atoms with van der Waals surface area (Å²) < 4.78 is 0. The number of benzene rings is 2. The molecular formula is C15H13NO3. The number of carbonyl (C=O) groups is 1. The molecule has 3 N–H and O–H groups in total. The highest BCUT2D eigenvalue weighted by atomic mass is 16.3. The van der Waals surface area contributed by atoms with Crippen molar-refractivity contribution in [3.63, 3.8) is 0 Å². The smallest absolute Gasteiger partial charge is 0.252 e. The van der Waals surface area contributed by atoms with E-state index in [1.807, 2.05) is 13.0 Å². The second-order valence-electron chi connectivity index (χ2n) is 4.71. The predicted molar refractivity (Wildman–Crippen MR) is 71.1 cm³/mol. The first-order valence-electron chi connectivity index (χ1n) is 6.00. The molecule has 0 aliphatic carbocycles. The molecule has 4 nitrogen and oxygen atoms in total. The Morgan fingerprint density at radius 1 is 1.05 bits per heavy atom. The third-order valence-electron chi connectivity index (χ3n) is 3.40. The molecule has 3 rings (SSSR count). The number of phenols is 2. The van der Waals surface area contributed by atoms with Gasteiger partial charge in [0.15, 0.2) is 0 Å². The zero-order valence-corrected chi connectivity index (χ0v) is 10.4. The highest BCUT2D eigenvalue weighted by Crippen LogP contribution is 2.35. The molecule has 19 heavy (non-hydrogen) atoms. The van der Waals surface area contributed by atoms with Crippen molar-refractivity contribution in [1.29, 1.82) is 0 Å². The largest absolute Gasteiger partial charge is 0.508 e. The summed E-state index contributed by atoms with van der Waals surface area (Å²) in [5.41, 5.74) is 3.74. The number of aromatic hydroxyl groups is 2. The summed E-state index contributed by atoms with van der Waals surface area (Å²) in [7, 11) is 0. The summed E-state index contributed by atoms with van der Waals surface area (Å²) >= 11 is 0. The number of phenolic OH excluding ortho intramolecular Hbond substituents is 2. The van der Waals surface area contributed by atoms with Gasteiger partial charge < -0.3 is 15.5 Å². The van der Waals surface area contributed by atoms with Crippen LogP contribution < -0.4 is 5.32 Å². The molecule has 1 aliphatic rings. The van der Waals surface area contributed by atoms with Gasteiger partial charge in [-0.15, -0.1) is 0 Å². The van der Waals surface area contributed by atoms with Crippen LogP contribution in [-0.4, -0.2) is 16.1 Å². The van der Waals surface area contributed by atoms with Gasteiger partial charge in [-0.1, -0.05) is 0 Å². The lowest BCUT2D eigenvalue weighted by Crippen LogP contribution is -2.21. The van der Waals surface area contributed by atoms with Gasteiger partial charge in [-0.25, -0.2) is 0 Å². The van der Waals surface area contributed by atoms with E-state index in [0.29, 0.717) is 12.1 Å². The highest BCUT2D eigenvalue weighted by Gasteiger charge is 2.21. The highest BCUT2D eigenvalue weighted by molar-refractivity contribution is 6.02. The molecule has 1 amide bonds. The Morgan fingerprint density at radius 2 is 1.84 bits per heavy atom. The fraction of sp³-hybridized carbons (Fsp3) is 0.133. The summed E-state index contributed by atoms with van der Waals surface area (Å²) in [6, 6.07) is 8.28. The number of rotatable bonds is 0.